The van der Waals surface area contributed by atoms with Crippen LogP contribution in [0, 0.1) is 11.8 Å². The molecule has 2 nitrogen and oxygen atoms in total. The van der Waals surface area contributed by atoms with Crippen molar-refractivity contribution in [2.75, 3.05) is 0 Å². The highest BCUT2D eigenvalue weighted by Crippen LogP contribution is 1.83. The lowest BCUT2D eigenvalue weighted by atomic mass is 10.3. The van der Waals surface area contributed by atoms with Crippen LogP contribution in [0.15, 0.2) is 11.8 Å². The van der Waals surface area contributed by atoms with E-state index in [0.29, 0.717) is 6.41 Å². The molecule has 0 unspecified atom stereocenters. The fourth-order valence-corrected chi connectivity index (χ4v) is 0.392. The molecule has 1 amide bonds. The third-order valence-corrected chi connectivity index (χ3v) is 0.690. The lowest BCUT2D eigenvalue weighted by molar-refractivity contribution is -0.108. The molecule has 0 bridgehead atoms. The van der Waals surface area contributed by atoms with Crippen molar-refractivity contribution in [1.82, 2.24) is 5.32 Å². The summed E-state index contributed by atoms with van der Waals surface area (Å²) < 4.78 is 0. The van der Waals surface area contributed by atoms with Crippen LogP contribution in [0.3, 0.4) is 0 Å². The maximum Gasteiger partial charge on any atom is 0.211 e. The number of amides is 1. The first kappa shape index (κ1) is 7.77. The Morgan fingerprint density at radius 1 is 1.67 bits per heavy atom. The maximum atomic E-state index is 9.71. The number of carbonyl (C=O) groups is 1. The minimum Gasteiger partial charge on any atom is -0.334 e. The first-order valence-corrected chi connectivity index (χ1v) is 2.60. The van der Waals surface area contributed by atoms with Gasteiger partial charge in [-0.25, -0.2) is 0 Å². The van der Waals surface area contributed by atoms with E-state index >= 15 is 0 Å². The fraction of sp³-hybridized carbons (Fsp3) is 0.286. The summed E-state index contributed by atoms with van der Waals surface area (Å²) in [6.07, 6.45) is 2.17. The summed E-state index contributed by atoms with van der Waals surface area (Å²) in [5, 5.41) is 2.39. The van der Waals surface area contributed by atoms with Gasteiger partial charge in [0.25, 0.3) is 0 Å². The smallest absolute Gasteiger partial charge is 0.211 e. The SMILES string of the molecule is CC#C/C(C)=C\NC=O. The number of allylic oxidation sites excluding steroid dienone is 1. The van der Waals surface area contributed by atoms with Gasteiger partial charge in [0.05, 0.1) is 0 Å². The number of rotatable bonds is 2. The molecule has 0 spiro atoms. The second kappa shape index (κ2) is 4.92. The Morgan fingerprint density at radius 3 is 2.78 bits per heavy atom. The molecule has 48 valence electrons. The normalized spacial score (nSPS) is 9.33. The van der Waals surface area contributed by atoms with E-state index in [1.54, 1.807) is 13.1 Å². The van der Waals surface area contributed by atoms with E-state index in [-0.39, 0.29) is 0 Å². The fourth-order valence-electron chi connectivity index (χ4n) is 0.392. The first-order chi connectivity index (χ1) is 4.31. The van der Waals surface area contributed by atoms with Gasteiger partial charge in [-0.1, -0.05) is 5.92 Å². The third-order valence-electron chi connectivity index (χ3n) is 0.690. The largest absolute Gasteiger partial charge is 0.334 e. The van der Waals surface area contributed by atoms with E-state index < -0.39 is 0 Å². The standard InChI is InChI=1S/C7H9NO/c1-3-4-7(2)5-8-6-9/h5-6H,1-2H3,(H,8,9)/b7-5-. The molecule has 0 saturated heterocycles. The summed E-state index contributed by atoms with van der Waals surface area (Å²) in [4.78, 5) is 9.71. The van der Waals surface area contributed by atoms with E-state index in [2.05, 4.69) is 17.2 Å². The van der Waals surface area contributed by atoms with E-state index in [9.17, 15) is 4.79 Å². The molecule has 2 heteroatoms. The van der Waals surface area contributed by atoms with E-state index in [4.69, 9.17) is 0 Å². The van der Waals surface area contributed by atoms with Crippen LogP contribution in [0.1, 0.15) is 13.8 Å². The van der Waals surface area contributed by atoms with Crippen molar-refractivity contribution in [3.8, 4) is 11.8 Å². The molecule has 0 heterocycles. The van der Waals surface area contributed by atoms with Crippen molar-refractivity contribution in [1.29, 1.82) is 0 Å². The van der Waals surface area contributed by atoms with Crippen molar-refractivity contribution < 1.29 is 4.79 Å². The van der Waals surface area contributed by atoms with Crippen LogP contribution in [-0.4, -0.2) is 6.41 Å². The highest BCUT2D eigenvalue weighted by Gasteiger charge is 1.75. The van der Waals surface area contributed by atoms with Crippen LogP contribution < -0.4 is 5.32 Å². The molecule has 0 radical (unpaired) electrons. The molecule has 0 aromatic rings. The molecule has 0 aliphatic carbocycles. The third kappa shape index (κ3) is 4.63. The monoisotopic (exact) mass is 123 g/mol. The highest BCUT2D eigenvalue weighted by atomic mass is 16.1. The second-order valence-corrected chi connectivity index (χ2v) is 1.49. The molecule has 0 saturated carbocycles. The molecule has 0 atom stereocenters. The molecule has 0 rings (SSSR count). The molecule has 0 aromatic heterocycles. The number of hydrogen-bond donors (Lipinski definition) is 1. The predicted octanol–water partition coefficient (Wildman–Crippen LogP) is 0.659. The molecule has 0 aromatic carbocycles. The average Bonchev–Trinajstić information content (AvgIpc) is 1.85. The van der Waals surface area contributed by atoms with E-state index in [1.165, 1.54) is 0 Å². The van der Waals surface area contributed by atoms with Crippen molar-refractivity contribution in [3.63, 3.8) is 0 Å². The highest BCUT2D eigenvalue weighted by molar-refractivity contribution is 5.49. The summed E-state index contributed by atoms with van der Waals surface area (Å²) in [6, 6.07) is 0. The Labute approximate surface area is 54.9 Å². The quantitative estimate of drug-likeness (QED) is 0.424. The second-order valence-electron chi connectivity index (χ2n) is 1.49. The van der Waals surface area contributed by atoms with Crippen LogP contribution in [0.4, 0.5) is 0 Å². The lowest BCUT2D eigenvalue weighted by Gasteiger charge is -1.84. The zero-order valence-electron chi connectivity index (χ0n) is 5.56. The van der Waals surface area contributed by atoms with Gasteiger partial charge < -0.3 is 5.32 Å². The Morgan fingerprint density at radius 2 is 2.33 bits per heavy atom. The molecule has 0 aliphatic heterocycles. The van der Waals surface area contributed by atoms with Gasteiger partial charge >= 0.3 is 0 Å². The van der Waals surface area contributed by atoms with Crippen LogP contribution in [-0.2, 0) is 4.79 Å². The molecule has 9 heavy (non-hydrogen) atoms. The number of hydrogen-bond acceptors (Lipinski definition) is 1. The Balaban J connectivity index is 3.78. The molecule has 0 aliphatic rings. The Kier molecular flexibility index (Phi) is 4.25. The van der Waals surface area contributed by atoms with Gasteiger partial charge in [0.2, 0.25) is 6.41 Å². The van der Waals surface area contributed by atoms with Gasteiger partial charge in [0, 0.05) is 11.8 Å². The van der Waals surface area contributed by atoms with Gasteiger partial charge in [-0.05, 0) is 13.8 Å². The summed E-state index contributed by atoms with van der Waals surface area (Å²) >= 11 is 0. The van der Waals surface area contributed by atoms with Gasteiger partial charge in [-0.3, -0.25) is 4.79 Å². The Bertz CT molecular complexity index is 171. The van der Waals surface area contributed by atoms with Crippen molar-refractivity contribution in [2.24, 2.45) is 0 Å². The number of carbonyl (C=O) groups excluding carboxylic acids is 1. The van der Waals surface area contributed by atoms with Crippen LogP contribution in [0.25, 0.3) is 0 Å². The molecular weight excluding hydrogens is 114 g/mol. The predicted molar refractivity (Wildman–Crippen MR) is 36.4 cm³/mol. The average molecular weight is 123 g/mol. The van der Waals surface area contributed by atoms with E-state index in [1.807, 2.05) is 6.92 Å². The van der Waals surface area contributed by atoms with Gasteiger partial charge in [0.1, 0.15) is 0 Å². The Hall–Kier alpha value is -1.23. The summed E-state index contributed by atoms with van der Waals surface area (Å²) in [6.45, 7) is 3.57. The van der Waals surface area contributed by atoms with E-state index in [0.717, 1.165) is 5.57 Å². The zero-order valence-corrected chi connectivity index (χ0v) is 5.56. The molecule has 1 N–H and O–H groups in total. The summed E-state index contributed by atoms with van der Waals surface area (Å²) in [7, 11) is 0. The van der Waals surface area contributed by atoms with Gasteiger partial charge in [-0.15, -0.1) is 5.92 Å². The topological polar surface area (TPSA) is 29.1 Å². The maximum absolute atomic E-state index is 9.71. The molecule has 0 fully saturated rings. The van der Waals surface area contributed by atoms with Gasteiger partial charge in [0.15, 0.2) is 0 Å². The van der Waals surface area contributed by atoms with Crippen LogP contribution >= 0.6 is 0 Å². The van der Waals surface area contributed by atoms with Crippen LogP contribution in [0.5, 0.6) is 0 Å². The zero-order chi connectivity index (χ0) is 7.11. The summed E-state index contributed by atoms with van der Waals surface area (Å²) in [5.41, 5.74) is 0.851. The first-order valence-electron chi connectivity index (χ1n) is 2.60. The minimum atomic E-state index is 0.612. The lowest BCUT2D eigenvalue weighted by Crippen LogP contribution is -1.99. The van der Waals surface area contributed by atoms with Crippen molar-refractivity contribution in [2.45, 2.75) is 13.8 Å². The number of nitrogens with one attached hydrogen (secondary N) is 1. The van der Waals surface area contributed by atoms with Crippen LogP contribution in [0.2, 0.25) is 0 Å². The van der Waals surface area contributed by atoms with Crippen molar-refractivity contribution >= 4 is 6.41 Å². The minimum absolute atomic E-state index is 0.612. The van der Waals surface area contributed by atoms with Gasteiger partial charge in [-0.2, -0.15) is 0 Å². The molecular formula is C7H9NO. The van der Waals surface area contributed by atoms with Crippen molar-refractivity contribution in [3.05, 3.63) is 11.8 Å². The summed E-state index contributed by atoms with van der Waals surface area (Å²) in [5.74, 6) is 5.47.